The lowest BCUT2D eigenvalue weighted by molar-refractivity contribution is -0.122. The highest BCUT2D eigenvalue weighted by Crippen LogP contribution is 2.09. The molecule has 0 N–H and O–H groups in total. The molecule has 0 aliphatic carbocycles. The molecule has 1 aliphatic heterocycles. The molecule has 0 amide bonds. The number of hydrogen-bond acceptors (Lipinski definition) is 5. The minimum absolute atomic E-state index is 0.302. The van der Waals surface area contributed by atoms with E-state index in [1.54, 1.807) is 0 Å². The van der Waals surface area contributed by atoms with Crippen LogP contribution >= 0.6 is 0 Å². The quantitative estimate of drug-likeness (QED) is 0.736. The van der Waals surface area contributed by atoms with E-state index in [0.29, 0.717) is 31.2 Å². The van der Waals surface area contributed by atoms with Gasteiger partial charge in [-0.15, -0.1) is 0 Å². The Hall–Kier alpha value is -1.23. The normalized spacial score (nSPS) is 18.3. The molecule has 0 saturated carbocycles. The Morgan fingerprint density at radius 1 is 1.53 bits per heavy atom. The summed E-state index contributed by atoms with van der Waals surface area (Å²) < 4.78 is 5.08. The van der Waals surface area contributed by atoms with E-state index in [1.807, 2.05) is 6.92 Å². The summed E-state index contributed by atoms with van der Waals surface area (Å²) in [6.45, 7) is 4.04. The lowest BCUT2D eigenvalue weighted by Gasteiger charge is -2.23. The second kappa shape index (κ2) is 4.53. The van der Waals surface area contributed by atoms with Gasteiger partial charge in [-0.25, -0.2) is 0 Å². The number of likely N-dealkylation sites (tertiary alicyclic amines) is 1. The Morgan fingerprint density at radius 2 is 2.40 bits per heavy atom. The summed E-state index contributed by atoms with van der Waals surface area (Å²) in [6.07, 6.45) is 2.43. The van der Waals surface area contributed by atoms with Crippen molar-refractivity contribution < 1.29 is 9.32 Å². The average Bonchev–Trinajstić information content (AvgIpc) is 2.65. The maximum atomic E-state index is 11.2. The molecule has 1 aromatic heterocycles. The average molecular weight is 209 g/mol. The largest absolute Gasteiger partial charge is 0.338 e. The van der Waals surface area contributed by atoms with E-state index in [9.17, 15) is 4.79 Å². The summed E-state index contributed by atoms with van der Waals surface area (Å²) in [5.74, 6) is 1.64. The van der Waals surface area contributed by atoms with E-state index in [-0.39, 0.29) is 0 Å². The first kappa shape index (κ1) is 10.3. The zero-order chi connectivity index (χ0) is 10.7. The molecule has 15 heavy (non-hydrogen) atoms. The molecule has 5 nitrogen and oxygen atoms in total. The Kier molecular flexibility index (Phi) is 3.11. The second-order valence-electron chi connectivity index (χ2n) is 3.81. The molecule has 82 valence electrons. The molecule has 1 saturated heterocycles. The fraction of sp³-hybridized carbons (Fsp3) is 0.700. The number of ketones is 1. The summed E-state index contributed by atoms with van der Waals surface area (Å²) in [5, 5.41) is 3.82. The highest BCUT2D eigenvalue weighted by molar-refractivity contribution is 5.81. The van der Waals surface area contributed by atoms with E-state index < -0.39 is 0 Å². The summed E-state index contributed by atoms with van der Waals surface area (Å²) in [6, 6.07) is 0. The van der Waals surface area contributed by atoms with Crippen molar-refractivity contribution >= 4 is 5.78 Å². The molecular weight excluding hydrogens is 194 g/mol. The van der Waals surface area contributed by atoms with Crippen molar-refractivity contribution in [3.63, 3.8) is 0 Å². The van der Waals surface area contributed by atoms with Gasteiger partial charge in [-0.1, -0.05) is 12.1 Å². The molecule has 1 fully saturated rings. The van der Waals surface area contributed by atoms with Crippen LogP contribution in [0.15, 0.2) is 4.52 Å². The Labute approximate surface area is 88.5 Å². The summed E-state index contributed by atoms with van der Waals surface area (Å²) in [5.41, 5.74) is 0. The van der Waals surface area contributed by atoms with Crippen molar-refractivity contribution in [3.8, 4) is 0 Å². The number of aromatic nitrogens is 2. The molecule has 0 atom stereocenters. The summed E-state index contributed by atoms with van der Waals surface area (Å²) >= 11 is 0. The number of carbonyl (C=O) groups is 1. The predicted molar refractivity (Wildman–Crippen MR) is 53.2 cm³/mol. The van der Waals surface area contributed by atoms with Crippen LogP contribution in [-0.4, -0.2) is 33.9 Å². The molecule has 2 heterocycles. The first-order valence-electron chi connectivity index (χ1n) is 5.33. The van der Waals surface area contributed by atoms with Crippen molar-refractivity contribution in [1.29, 1.82) is 0 Å². The fourth-order valence-corrected chi connectivity index (χ4v) is 1.73. The molecule has 0 aromatic carbocycles. The maximum Gasteiger partial charge on any atom is 0.240 e. The number of rotatable bonds is 3. The number of aryl methyl sites for hydroxylation is 1. The third-order valence-electron chi connectivity index (χ3n) is 2.52. The van der Waals surface area contributed by atoms with Crippen LogP contribution in [0.5, 0.6) is 0 Å². The topological polar surface area (TPSA) is 59.2 Å². The zero-order valence-corrected chi connectivity index (χ0v) is 8.90. The van der Waals surface area contributed by atoms with E-state index >= 15 is 0 Å². The van der Waals surface area contributed by atoms with Gasteiger partial charge in [0.25, 0.3) is 0 Å². The number of nitrogens with zero attached hydrogens (tertiary/aromatic N) is 3. The molecule has 1 aliphatic rings. The zero-order valence-electron chi connectivity index (χ0n) is 8.90. The number of Topliss-reactive ketones (excluding diaryl/α,β-unsaturated/α-hetero) is 1. The van der Waals surface area contributed by atoms with E-state index in [4.69, 9.17) is 4.52 Å². The van der Waals surface area contributed by atoms with Crippen molar-refractivity contribution in [2.45, 2.75) is 32.7 Å². The van der Waals surface area contributed by atoms with Gasteiger partial charge in [-0.2, -0.15) is 4.98 Å². The van der Waals surface area contributed by atoms with Crippen LogP contribution < -0.4 is 0 Å². The first-order valence-corrected chi connectivity index (χ1v) is 5.33. The maximum absolute atomic E-state index is 11.2. The van der Waals surface area contributed by atoms with Crippen LogP contribution in [0.2, 0.25) is 0 Å². The van der Waals surface area contributed by atoms with Gasteiger partial charge < -0.3 is 4.52 Å². The van der Waals surface area contributed by atoms with Gasteiger partial charge in [0.1, 0.15) is 5.78 Å². The van der Waals surface area contributed by atoms with Gasteiger partial charge in [0.15, 0.2) is 5.82 Å². The van der Waals surface area contributed by atoms with Gasteiger partial charge in [0.2, 0.25) is 5.89 Å². The van der Waals surface area contributed by atoms with Gasteiger partial charge in [-0.05, 0) is 13.0 Å². The van der Waals surface area contributed by atoms with Crippen LogP contribution in [0.25, 0.3) is 0 Å². The molecule has 0 unspecified atom stereocenters. The Bertz CT molecular complexity index is 348. The molecule has 0 radical (unpaired) electrons. The Balaban J connectivity index is 1.93. The van der Waals surface area contributed by atoms with Gasteiger partial charge >= 0.3 is 0 Å². The van der Waals surface area contributed by atoms with Gasteiger partial charge in [-0.3, -0.25) is 9.69 Å². The minimum atomic E-state index is 0.302. The molecule has 0 spiro atoms. The van der Waals surface area contributed by atoms with Crippen molar-refractivity contribution in [2.75, 3.05) is 13.1 Å². The monoisotopic (exact) mass is 209 g/mol. The van der Waals surface area contributed by atoms with Crippen molar-refractivity contribution in [3.05, 3.63) is 11.7 Å². The third kappa shape index (κ3) is 2.62. The molecule has 5 heteroatoms. The fourth-order valence-electron chi connectivity index (χ4n) is 1.73. The lowest BCUT2D eigenvalue weighted by Crippen LogP contribution is -2.35. The standard InChI is InChI=1S/C10H15N3O2/c1-2-9-11-10(15-12-9)7-13-5-3-4-8(14)6-13/h2-7H2,1H3. The number of piperidine rings is 1. The second-order valence-corrected chi connectivity index (χ2v) is 3.81. The SMILES string of the molecule is CCc1noc(CN2CCCC(=O)C2)n1. The van der Waals surface area contributed by atoms with Crippen LogP contribution in [0.3, 0.4) is 0 Å². The molecule has 2 rings (SSSR count). The third-order valence-corrected chi connectivity index (χ3v) is 2.52. The first-order chi connectivity index (χ1) is 7.28. The van der Waals surface area contributed by atoms with E-state index in [0.717, 1.165) is 25.2 Å². The van der Waals surface area contributed by atoms with Crippen LogP contribution in [-0.2, 0) is 17.8 Å². The summed E-state index contributed by atoms with van der Waals surface area (Å²) in [4.78, 5) is 17.5. The highest BCUT2D eigenvalue weighted by atomic mass is 16.5. The lowest BCUT2D eigenvalue weighted by atomic mass is 10.1. The number of hydrogen-bond donors (Lipinski definition) is 0. The van der Waals surface area contributed by atoms with Crippen molar-refractivity contribution in [2.24, 2.45) is 0 Å². The van der Waals surface area contributed by atoms with E-state index in [1.165, 1.54) is 0 Å². The van der Waals surface area contributed by atoms with Crippen molar-refractivity contribution in [1.82, 2.24) is 15.0 Å². The Morgan fingerprint density at radius 3 is 3.07 bits per heavy atom. The molecular formula is C10H15N3O2. The van der Waals surface area contributed by atoms with Crippen LogP contribution in [0.1, 0.15) is 31.5 Å². The van der Waals surface area contributed by atoms with Gasteiger partial charge in [0.05, 0.1) is 13.1 Å². The molecule has 1 aromatic rings. The smallest absolute Gasteiger partial charge is 0.240 e. The number of carbonyl (C=O) groups excluding carboxylic acids is 1. The van der Waals surface area contributed by atoms with Crippen LogP contribution in [0.4, 0.5) is 0 Å². The minimum Gasteiger partial charge on any atom is -0.338 e. The summed E-state index contributed by atoms with van der Waals surface area (Å²) in [7, 11) is 0. The van der Waals surface area contributed by atoms with E-state index in [2.05, 4.69) is 15.0 Å². The highest BCUT2D eigenvalue weighted by Gasteiger charge is 2.18. The molecule has 0 bridgehead atoms. The van der Waals surface area contributed by atoms with Gasteiger partial charge in [0, 0.05) is 12.8 Å². The van der Waals surface area contributed by atoms with Crippen LogP contribution in [0, 0.1) is 0 Å². The predicted octanol–water partition coefficient (Wildman–Crippen LogP) is 0.797.